The molecule has 4 amide bonds. The molecule has 2 N–H and O–H groups in total. The highest BCUT2D eigenvalue weighted by atomic mass is 16.5. The minimum atomic E-state index is -0.655. The van der Waals surface area contributed by atoms with Crippen molar-refractivity contribution in [2.45, 2.75) is 51.1 Å². The zero-order chi connectivity index (χ0) is 23.1. The van der Waals surface area contributed by atoms with Gasteiger partial charge in [0.15, 0.2) is 11.5 Å². The van der Waals surface area contributed by atoms with Gasteiger partial charge in [-0.2, -0.15) is 0 Å². The summed E-state index contributed by atoms with van der Waals surface area (Å²) in [7, 11) is 3.13. The largest absolute Gasteiger partial charge is 0.493 e. The van der Waals surface area contributed by atoms with Crippen LogP contribution in [0.15, 0.2) is 18.2 Å². The van der Waals surface area contributed by atoms with Crippen LogP contribution in [0.3, 0.4) is 0 Å². The molecule has 2 heterocycles. The van der Waals surface area contributed by atoms with Gasteiger partial charge in [0.05, 0.1) is 14.2 Å². The molecule has 2 aliphatic rings. The van der Waals surface area contributed by atoms with Crippen molar-refractivity contribution in [3.8, 4) is 11.5 Å². The molecule has 2 aliphatic heterocycles. The maximum atomic E-state index is 12.7. The lowest BCUT2D eigenvalue weighted by molar-refractivity contribution is -0.127. The molecule has 0 unspecified atom stereocenters. The van der Waals surface area contributed by atoms with Gasteiger partial charge in [-0.1, -0.05) is 13.0 Å². The Hall–Kier alpha value is -2.81. The zero-order valence-electron chi connectivity index (χ0n) is 19.2. The highest BCUT2D eigenvalue weighted by Gasteiger charge is 2.37. The van der Waals surface area contributed by atoms with Crippen LogP contribution in [-0.2, 0) is 16.0 Å². The Labute approximate surface area is 189 Å². The Bertz CT molecular complexity index is 831. The number of carbonyl (C=O) groups excluding carboxylic acids is 3. The summed E-state index contributed by atoms with van der Waals surface area (Å²) in [6, 6.07) is 4.84. The molecule has 1 aromatic carbocycles. The molecule has 2 atom stereocenters. The monoisotopic (exact) mass is 446 g/mol. The summed E-state index contributed by atoms with van der Waals surface area (Å²) >= 11 is 0. The summed E-state index contributed by atoms with van der Waals surface area (Å²) in [5.41, 5.74) is 0.930. The minimum Gasteiger partial charge on any atom is -0.493 e. The first-order valence-corrected chi connectivity index (χ1v) is 11.3. The van der Waals surface area contributed by atoms with Crippen LogP contribution < -0.4 is 20.1 Å². The summed E-state index contributed by atoms with van der Waals surface area (Å²) < 4.78 is 10.5. The van der Waals surface area contributed by atoms with Crippen molar-refractivity contribution in [2.24, 2.45) is 0 Å². The predicted octanol–water partition coefficient (Wildman–Crippen LogP) is 1.55. The average molecular weight is 447 g/mol. The van der Waals surface area contributed by atoms with Gasteiger partial charge in [0.1, 0.15) is 6.04 Å². The van der Waals surface area contributed by atoms with Crippen LogP contribution in [0.1, 0.15) is 38.2 Å². The average Bonchev–Trinajstić information content (AvgIpc) is 3.37. The summed E-state index contributed by atoms with van der Waals surface area (Å²) in [6.45, 7) is 5.10. The van der Waals surface area contributed by atoms with Crippen molar-refractivity contribution in [3.63, 3.8) is 0 Å². The van der Waals surface area contributed by atoms with Gasteiger partial charge in [0.25, 0.3) is 5.91 Å². The maximum absolute atomic E-state index is 12.7. The molecule has 2 fully saturated rings. The van der Waals surface area contributed by atoms with Gasteiger partial charge in [0, 0.05) is 25.6 Å². The molecule has 176 valence electrons. The van der Waals surface area contributed by atoms with Gasteiger partial charge >= 0.3 is 6.03 Å². The molecule has 0 bridgehead atoms. The molecular formula is C23H34N4O5. The maximum Gasteiger partial charge on any atom is 0.324 e. The van der Waals surface area contributed by atoms with Crippen molar-refractivity contribution in [2.75, 3.05) is 40.4 Å². The Kier molecular flexibility index (Phi) is 8.33. The van der Waals surface area contributed by atoms with Crippen molar-refractivity contribution in [1.29, 1.82) is 0 Å². The van der Waals surface area contributed by atoms with E-state index in [4.69, 9.17) is 9.47 Å². The van der Waals surface area contributed by atoms with E-state index >= 15 is 0 Å². The van der Waals surface area contributed by atoms with Crippen LogP contribution in [0, 0.1) is 0 Å². The number of hydrogen-bond acceptors (Lipinski definition) is 6. The van der Waals surface area contributed by atoms with E-state index < -0.39 is 12.1 Å². The lowest BCUT2D eigenvalue weighted by atomic mass is 10.1. The first kappa shape index (κ1) is 23.8. The number of hydrogen-bond donors (Lipinski definition) is 2. The van der Waals surface area contributed by atoms with E-state index in [1.807, 2.05) is 12.1 Å². The number of ether oxygens (including phenoxy) is 2. The lowest BCUT2D eigenvalue weighted by Gasteiger charge is -2.22. The summed E-state index contributed by atoms with van der Waals surface area (Å²) in [6.07, 6.45) is 3.27. The molecule has 0 aromatic heterocycles. The van der Waals surface area contributed by atoms with Crippen LogP contribution in [0.25, 0.3) is 0 Å². The second kappa shape index (κ2) is 11.2. The second-order valence-corrected chi connectivity index (χ2v) is 8.20. The number of methoxy groups -OCH3 is 2. The van der Waals surface area contributed by atoms with E-state index in [-0.39, 0.29) is 24.8 Å². The molecule has 1 aromatic rings. The van der Waals surface area contributed by atoms with E-state index in [2.05, 4.69) is 22.5 Å². The van der Waals surface area contributed by atoms with Gasteiger partial charge in [-0.3, -0.25) is 19.4 Å². The number of rotatable bonds is 11. The van der Waals surface area contributed by atoms with E-state index in [1.54, 1.807) is 20.3 Å². The third-order valence-electron chi connectivity index (χ3n) is 6.28. The molecule has 32 heavy (non-hydrogen) atoms. The molecule has 2 saturated heterocycles. The molecule has 9 nitrogen and oxygen atoms in total. The first-order chi connectivity index (χ1) is 15.5. The molecule has 0 spiro atoms. The van der Waals surface area contributed by atoms with Crippen LogP contribution >= 0.6 is 0 Å². The van der Waals surface area contributed by atoms with E-state index in [0.717, 1.165) is 31.5 Å². The van der Waals surface area contributed by atoms with Crippen LogP contribution in [0.2, 0.25) is 0 Å². The molecule has 0 saturated carbocycles. The molecule has 0 radical (unpaired) electrons. The third-order valence-corrected chi connectivity index (χ3v) is 6.28. The fourth-order valence-corrected chi connectivity index (χ4v) is 4.40. The van der Waals surface area contributed by atoms with Gasteiger partial charge in [0.2, 0.25) is 5.91 Å². The van der Waals surface area contributed by atoms with Crippen LogP contribution in [0.4, 0.5) is 4.79 Å². The van der Waals surface area contributed by atoms with E-state index in [1.165, 1.54) is 4.90 Å². The standard InChI is InChI=1S/C23H34N4O5/c1-4-26-12-5-6-17(26)15-24-21(28)10-8-18-22(29)27(23(30)25-18)13-11-16-7-9-19(31-2)20(14-16)32-3/h7,9,14,17-18H,4-6,8,10-13,15H2,1-3H3,(H,24,28)(H,25,30)/t17-,18+/m1/s1. The van der Waals surface area contributed by atoms with Crippen LogP contribution in [0.5, 0.6) is 11.5 Å². The van der Waals surface area contributed by atoms with Gasteiger partial charge in [-0.25, -0.2) is 4.79 Å². The van der Waals surface area contributed by atoms with Crippen LogP contribution in [-0.4, -0.2) is 80.1 Å². The zero-order valence-corrected chi connectivity index (χ0v) is 19.2. The second-order valence-electron chi connectivity index (χ2n) is 8.20. The number of nitrogens with one attached hydrogen (secondary N) is 2. The van der Waals surface area contributed by atoms with E-state index in [9.17, 15) is 14.4 Å². The molecular weight excluding hydrogens is 412 g/mol. The van der Waals surface area contributed by atoms with Crippen molar-refractivity contribution >= 4 is 17.8 Å². The lowest BCUT2D eigenvalue weighted by Crippen LogP contribution is -2.40. The topological polar surface area (TPSA) is 100 Å². The summed E-state index contributed by atoms with van der Waals surface area (Å²) in [5, 5.41) is 5.68. The Morgan fingerprint density at radius 1 is 1.22 bits per heavy atom. The quantitative estimate of drug-likeness (QED) is 0.500. The number of urea groups is 1. The van der Waals surface area contributed by atoms with Gasteiger partial charge in [-0.15, -0.1) is 0 Å². The smallest absolute Gasteiger partial charge is 0.324 e. The highest BCUT2D eigenvalue weighted by Crippen LogP contribution is 2.28. The SMILES string of the molecule is CCN1CCC[C@@H]1CNC(=O)CC[C@@H]1NC(=O)N(CCc2ccc(OC)c(OC)c2)C1=O. The van der Waals surface area contributed by atoms with Crippen molar-refractivity contribution < 1.29 is 23.9 Å². The Balaban J connectivity index is 1.44. The fourth-order valence-electron chi connectivity index (χ4n) is 4.40. The number of likely N-dealkylation sites (tertiary alicyclic amines) is 1. The van der Waals surface area contributed by atoms with Gasteiger partial charge in [-0.05, 0) is 56.5 Å². The van der Waals surface area contributed by atoms with Crippen molar-refractivity contribution in [3.05, 3.63) is 23.8 Å². The normalized spacial score (nSPS) is 21.0. The number of benzene rings is 1. The number of nitrogens with zero attached hydrogens (tertiary/aromatic N) is 2. The Morgan fingerprint density at radius 3 is 2.72 bits per heavy atom. The molecule has 3 rings (SSSR count). The third kappa shape index (κ3) is 5.70. The highest BCUT2D eigenvalue weighted by molar-refractivity contribution is 6.04. The minimum absolute atomic E-state index is 0.0845. The first-order valence-electron chi connectivity index (χ1n) is 11.3. The fraction of sp³-hybridized carbons (Fsp3) is 0.609. The number of carbonyl (C=O) groups is 3. The predicted molar refractivity (Wildman–Crippen MR) is 120 cm³/mol. The Morgan fingerprint density at radius 2 is 2.00 bits per heavy atom. The molecule has 9 heteroatoms. The molecule has 0 aliphatic carbocycles. The van der Waals surface area contributed by atoms with E-state index in [0.29, 0.717) is 36.9 Å². The number of imide groups is 1. The van der Waals surface area contributed by atoms with Crippen molar-refractivity contribution in [1.82, 2.24) is 20.4 Å². The summed E-state index contributed by atoms with van der Waals surface area (Å²) in [4.78, 5) is 40.8. The number of amides is 4. The number of likely N-dealkylation sites (N-methyl/N-ethyl adjacent to an activating group) is 1. The summed E-state index contributed by atoms with van der Waals surface area (Å²) in [5.74, 6) is 0.862. The van der Waals surface area contributed by atoms with Gasteiger partial charge < -0.3 is 20.1 Å².